The van der Waals surface area contributed by atoms with Crippen LogP contribution in [-0.2, 0) is 14.8 Å². The number of halogens is 1. The molecule has 0 fully saturated rings. The first-order valence-electron chi connectivity index (χ1n) is 7.16. The van der Waals surface area contributed by atoms with Crippen molar-refractivity contribution in [2.45, 2.75) is 17.7 Å². The maximum absolute atomic E-state index is 12.1. The Labute approximate surface area is 150 Å². The number of hydrogen-bond acceptors (Lipinski definition) is 5. The molecule has 2 aromatic rings. The van der Waals surface area contributed by atoms with Gasteiger partial charge in [0, 0.05) is 23.4 Å². The number of nitrogens with one attached hydrogen (secondary N) is 1. The quantitative estimate of drug-likeness (QED) is 0.780. The molecular weight excluding hydrogens is 364 g/mol. The highest BCUT2D eigenvalue weighted by Crippen LogP contribution is 2.13. The largest absolute Gasteiger partial charge is 0.294 e. The van der Waals surface area contributed by atoms with E-state index >= 15 is 0 Å². The minimum atomic E-state index is -4.04. The van der Waals surface area contributed by atoms with E-state index in [0.29, 0.717) is 16.1 Å². The Morgan fingerprint density at radius 3 is 2.16 bits per heavy atom. The van der Waals surface area contributed by atoms with Crippen LogP contribution in [0.3, 0.4) is 0 Å². The summed E-state index contributed by atoms with van der Waals surface area (Å²) in [6.45, 7) is 0. The van der Waals surface area contributed by atoms with Crippen LogP contribution < -0.4 is 4.72 Å². The van der Waals surface area contributed by atoms with Crippen molar-refractivity contribution in [3.05, 3.63) is 64.7 Å². The first-order valence-corrected chi connectivity index (χ1v) is 9.02. The number of amides is 1. The molecule has 0 spiro atoms. The first kappa shape index (κ1) is 18.6. The van der Waals surface area contributed by atoms with E-state index in [0.717, 1.165) is 0 Å². The van der Waals surface area contributed by atoms with Gasteiger partial charge >= 0.3 is 0 Å². The van der Waals surface area contributed by atoms with Crippen molar-refractivity contribution < 1.29 is 18.0 Å². The molecule has 0 aromatic heterocycles. The monoisotopic (exact) mass is 376 g/mol. The van der Waals surface area contributed by atoms with Crippen LogP contribution in [0.4, 0.5) is 0 Å². The average Bonchev–Trinajstić information content (AvgIpc) is 2.60. The molecule has 0 unspecified atom stereocenters. The predicted molar refractivity (Wildman–Crippen MR) is 91.5 cm³/mol. The van der Waals surface area contributed by atoms with E-state index in [2.05, 4.69) is 0 Å². The molecular formula is C17H13ClN2O4S. The Hall–Kier alpha value is -2.69. The fourth-order valence-electron chi connectivity index (χ4n) is 1.98. The van der Waals surface area contributed by atoms with Crippen molar-refractivity contribution in [2.24, 2.45) is 0 Å². The van der Waals surface area contributed by atoms with E-state index in [1.807, 2.05) is 10.8 Å². The van der Waals surface area contributed by atoms with Gasteiger partial charge in [-0.25, -0.2) is 13.1 Å². The fraction of sp³-hybridized carbons (Fsp3) is 0.118. The van der Waals surface area contributed by atoms with Crippen LogP contribution in [-0.4, -0.2) is 20.1 Å². The molecule has 1 amide bonds. The number of carbonyl (C=O) groups excluding carboxylic acids is 2. The number of nitrogens with zero attached hydrogens (tertiary/aromatic N) is 1. The summed E-state index contributed by atoms with van der Waals surface area (Å²) in [5.74, 6) is -1.07. The van der Waals surface area contributed by atoms with Gasteiger partial charge in [0.15, 0.2) is 5.78 Å². The topological polar surface area (TPSA) is 104 Å². The number of nitriles is 1. The maximum Gasteiger partial charge on any atom is 0.264 e. The Bertz CT molecular complexity index is 930. The minimum Gasteiger partial charge on any atom is -0.294 e. The molecule has 0 heterocycles. The van der Waals surface area contributed by atoms with Crippen molar-refractivity contribution >= 4 is 33.3 Å². The van der Waals surface area contributed by atoms with Crippen molar-refractivity contribution in [1.82, 2.24) is 4.72 Å². The fourth-order valence-corrected chi connectivity index (χ4v) is 3.12. The lowest BCUT2D eigenvalue weighted by Gasteiger charge is -2.07. The highest BCUT2D eigenvalue weighted by Gasteiger charge is 2.18. The van der Waals surface area contributed by atoms with Gasteiger partial charge in [0.2, 0.25) is 5.91 Å². The van der Waals surface area contributed by atoms with Crippen molar-refractivity contribution in [3.8, 4) is 6.07 Å². The van der Waals surface area contributed by atoms with Crippen LogP contribution in [0, 0.1) is 11.3 Å². The summed E-state index contributed by atoms with van der Waals surface area (Å²) in [5, 5.41) is 9.19. The van der Waals surface area contributed by atoms with Crippen LogP contribution in [0.5, 0.6) is 0 Å². The molecule has 0 aliphatic carbocycles. The number of hydrogen-bond donors (Lipinski definition) is 1. The van der Waals surface area contributed by atoms with Crippen LogP contribution in [0.1, 0.15) is 28.8 Å². The summed E-state index contributed by atoms with van der Waals surface area (Å²) in [6.07, 6.45) is -0.396. The zero-order chi connectivity index (χ0) is 18.4. The smallest absolute Gasteiger partial charge is 0.264 e. The van der Waals surface area contributed by atoms with E-state index < -0.39 is 15.9 Å². The molecule has 2 rings (SSSR count). The zero-order valence-electron chi connectivity index (χ0n) is 12.9. The molecule has 25 heavy (non-hydrogen) atoms. The van der Waals surface area contributed by atoms with Gasteiger partial charge < -0.3 is 0 Å². The summed E-state index contributed by atoms with van der Waals surface area (Å²) >= 11 is 5.73. The molecule has 0 radical (unpaired) electrons. The molecule has 6 nitrogen and oxygen atoms in total. The molecule has 0 aliphatic rings. The third-order valence-electron chi connectivity index (χ3n) is 3.29. The first-order chi connectivity index (χ1) is 11.8. The third kappa shape index (κ3) is 5.14. The number of rotatable bonds is 6. The number of ketones is 1. The molecule has 128 valence electrons. The molecule has 1 N–H and O–H groups in total. The number of sulfonamides is 1. The van der Waals surface area contributed by atoms with Crippen LogP contribution in [0.25, 0.3) is 0 Å². The second-order valence-electron chi connectivity index (χ2n) is 5.09. The molecule has 8 heteroatoms. The number of carbonyl (C=O) groups is 2. The van der Waals surface area contributed by atoms with Gasteiger partial charge in [0.05, 0.1) is 16.5 Å². The van der Waals surface area contributed by atoms with Gasteiger partial charge in [-0.15, -0.1) is 0 Å². The van der Waals surface area contributed by atoms with Gasteiger partial charge in [-0.1, -0.05) is 11.6 Å². The summed E-state index contributed by atoms with van der Waals surface area (Å²) in [5.41, 5.74) is 0.700. The zero-order valence-corrected chi connectivity index (χ0v) is 14.5. The van der Waals surface area contributed by atoms with Crippen LogP contribution in [0.15, 0.2) is 53.4 Å². The van der Waals surface area contributed by atoms with Gasteiger partial charge in [-0.2, -0.15) is 5.26 Å². The van der Waals surface area contributed by atoms with Gasteiger partial charge in [-0.3, -0.25) is 9.59 Å². The minimum absolute atomic E-state index is 0.129. The highest BCUT2D eigenvalue weighted by atomic mass is 35.5. The highest BCUT2D eigenvalue weighted by molar-refractivity contribution is 7.90. The van der Waals surface area contributed by atoms with E-state index in [4.69, 9.17) is 16.9 Å². The summed E-state index contributed by atoms with van der Waals surface area (Å²) in [7, 11) is -4.04. The van der Waals surface area contributed by atoms with E-state index in [1.54, 1.807) is 12.1 Å². The average molecular weight is 377 g/mol. The van der Waals surface area contributed by atoms with Crippen LogP contribution in [0.2, 0.25) is 5.02 Å². The number of Topliss-reactive ketones (excluding diaryl/α,β-unsaturated/α-hetero) is 1. The van der Waals surface area contributed by atoms with E-state index in [1.165, 1.54) is 36.4 Å². The lowest BCUT2D eigenvalue weighted by Crippen LogP contribution is -2.30. The lowest BCUT2D eigenvalue weighted by atomic mass is 10.1. The normalized spacial score (nSPS) is 10.7. The Morgan fingerprint density at radius 2 is 1.60 bits per heavy atom. The predicted octanol–water partition coefficient (Wildman–Crippen LogP) is 2.68. The summed E-state index contributed by atoms with van der Waals surface area (Å²) in [6, 6.07) is 13.2. The lowest BCUT2D eigenvalue weighted by molar-refractivity contribution is -0.119. The van der Waals surface area contributed by atoms with E-state index in [-0.39, 0.29) is 23.5 Å². The Morgan fingerprint density at radius 1 is 1.00 bits per heavy atom. The molecule has 0 atom stereocenters. The van der Waals surface area contributed by atoms with Gasteiger partial charge in [0.1, 0.15) is 0 Å². The van der Waals surface area contributed by atoms with Crippen molar-refractivity contribution in [3.63, 3.8) is 0 Å². The molecule has 0 saturated carbocycles. The second kappa shape index (κ2) is 7.92. The maximum atomic E-state index is 12.1. The molecule has 0 bridgehead atoms. The molecule has 0 saturated heterocycles. The second-order valence-corrected chi connectivity index (χ2v) is 7.21. The summed E-state index contributed by atoms with van der Waals surface area (Å²) in [4.78, 5) is 23.7. The SMILES string of the molecule is N#Cc1ccc(S(=O)(=O)NC(=O)CCC(=O)c2ccc(Cl)cc2)cc1. The Kier molecular flexibility index (Phi) is 5.91. The Balaban J connectivity index is 1.95. The number of benzene rings is 2. The molecule has 0 aliphatic heterocycles. The van der Waals surface area contributed by atoms with Crippen LogP contribution >= 0.6 is 11.6 Å². The molecule has 2 aromatic carbocycles. The third-order valence-corrected chi connectivity index (χ3v) is 4.93. The van der Waals surface area contributed by atoms with E-state index in [9.17, 15) is 18.0 Å². The summed E-state index contributed by atoms with van der Waals surface area (Å²) < 4.78 is 26.1. The standard InChI is InChI=1S/C17H13ClN2O4S/c18-14-5-3-13(4-6-14)16(21)9-10-17(22)20-25(23,24)15-7-1-12(11-19)2-8-15/h1-8H,9-10H2,(H,20,22). The van der Waals surface area contributed by atoms with Gasteiger partial charge in [-0.05, 0) is 48.5 Å². The van der Waals surface area contributed by atoms with Crippen molar-refractivity contribution in [2.75, 3.05) is 0 Å². The van der Waals surface area contributed by atoms with Gasteiger partial charge in [0.25, 0.3) is 10.0 Å². The van der Waals surface area contributed by atoms with Crippen molar-refractivity contribution in [1.29, 1.82) is 5.26 Å².